The van der Waals surface area contributed by atoms with Crippen LogP contribution in [0.1, 0.15) is 25.7 Å². The van der Waals surface area contributed by atoms with Gasteiger partial charge in [-0.1, -0.05) is 0 Å². The Hall–Kier alpha value is -1.17. The second-order valence-electron chi connectivity index (χ2n) is 6.33. The van der Waals surface area contributed by atoms with Gasteiger partial charge in [0.15, 0.2) is 0 Å². The first-order valence-corrected chi connectivity index (χ1v) is 7.82. The number of imidazole rings is 1. The Bertz CT molecular complexity index is 744. The number of hydrogen-bond acceptors (Lipinski definition) is 2. The second kappa shape index (κ2) is 3.72. The summed E-state index contributed by atoms with van der Waals surface area (Å²) in [5, 5.41) is 1.96. The highest BCUT2D eigenvalue weighted by atomic mass is 32.1. The Kier molecular flexibility index (Phi) is 2.34. The van der Waals surface area contributed by atoms with Crippen molar-refractivity contribution in [3.63, 3.8) is 0 Å². The van der Waals surface area contributed by atoms with E-state index in [4.69, 9.17) is 0 Å². The molecule has 2 aliphatic rings. The number of aryl methyl sites for hydroxylation is 1. The standard InChI is InChI=1S/C14H16F2N2OS/c1-17-11-10(3-5-20-11)18(12(17)19)7-9-2-4-13(6-9)8-14(13,15)16/h3,5,9H,2,4,6-8H2,1H3. The van der Waals surface area contributed by atoms with Gasteiger partial charge in [-0.2, -0.15) is 0 Å². The molecule has 108 valence electrons. The maximum Gasteiger partial charge on any atom is 0.329 e. The van der Waals surface area contributed by atoms with Gasteiger partial charge in [-0.05, 0) is 36.6 Å². The summed E-state index contributed by atoms with van der Waals surface area (Å²) in [6.07, 6.45) is 2.03. The van der Waals surface area contributed by atoms with E-state index in [0.717, 1.165) is 16.8 Å². The summed E-state index contributed by atoms with van der Waals surface area (Å²) in [6, 6.07) is 1.94. The Morgan fingerprint density at radius 3 is 2.90 bits per heavy atom. The molecule has 20 heavy (non-hydrogen) atoms. The van der Waals surface area contributed by atoms with Gasteiger partial charge < -0.3 is 0 Å². The van der Waals surface area contributed by atoms with Gasteiger partial charge in [0.25, 0.3) is 5.92 Å². The van der Waals surface area contributed by atoms with Gasteiger partial charge in [0.2, 0.25) is 0 Å². The lowest BCUT2D eigenvalue weighted by molar-refractivity contribution is 0.0641. The van der Waals surface area contributed by atoms with Gasteiger partial charge in [0.05, 0.1) is 5.52 Å². The van der Waals surface area contributed by atoms with Crippen molar-refractivity contribution in [2.24, 2.45) is 18.4 Å². The van der Waals surface area contributed by atoms with E-state index >= 15 is 0 Å². The van der Waals surface area contributed by atoms with Gasteiger partial charge >= 0.3 is 5.69 Å². The van der Waals surface area contributed by atoms with Crippen LogP contribution in [-0.4, -0.2) is 15.1 Å². The van der Waals surface area contributed by atoms with Crippen molar-refractivity contribution in [3.8, 4) is 0 Å². The molecule has 2 aliphatic carbocycles. The minimum absolute atomic E-state index is 0.0321. The summed E-state index contributed by atoms with van der Waals surface area (Å²) in [7, 11) is 1.77. The Morgan fingerprint density at radius 2 is 2.25 bits per heavy atom. The number of fused-ring (bicyclic) bond motifs is 1. The highest BCUT2D eigenvalue weighted by Crippen LogP contribution is 2.69. The molecule has 2 aromatic rings. The lowest BCUT2D eigenvalue weighted by Crippen LogP contribution is -2.25. The third-order valence-electron chi connectivity index (χ3n) is 5.10. The minimum atomic E-state index is -2.46. The normalized spacial score (nSPS) is 31.4. The quantitative estimate of drug-likeness (QED) is 0.836. The monoisotopic (exact) mass is 298 g/mol. The van der Waals surface area contributed by atoms with E-state index in [-0.39, 0.29) is 18.0 Å². The highest BCUT2D eigenvalue weighted by molar-refractivity contribution is 7.16. The first-order valence-electron chi connectivity index (χ1n) is 6.94. The third kappa shape index (κ3) is 1.51. The highest BCUT2D eigenvalue weighted by Gasteiger charge is 2.72. The lowest BCUT2D eigenvalue weighted by Gasteiger charge is -2.11. The summed E-state index contributed by atoms with van der Waals surface area (Å²) in [5.41, 5.74) is 0.172. The lowest BCUT2D eigenvalue weighted by atomic mass is 10.0. The average molecular weight is 298 g/mol. The molecule has 2 saturated carbocycles. The Labute approximate surface area is 118 Å². The molecular weight excluding hydrogens is 282 g/mol. The fourth-order valence-electron chi connectivity index (χ4n) is 3.82. The zero-order valence-corrected chi connectivity index (χ0v) is 12.1. The summed E-state index contributed by atoms with van der Waals surface area (Å²) in [6.45, 7) is 0.574. The smallest absolute Gasteiger partial charge is 0.291 e. The van der Waals surface area contributed by atoms with Crippen LogP contribution in [0.25, 0.3) is 10.3 Å². The minimum Gasteiger partial charge on any atom is -0.291 e. The van der Waals surface area contributed by atoms with Crippen LogP contribution in [0, 0.1) is 11.3 Å². The van der Waals surface area contributed by atoms with Crippen LogP contribution in [0.4, 0.5) is 8.78 Å². The number of aromatic nitrogens is 2. The molecule has 0 radical (unpaired) electrons. The van der Waals surface area contributed by atoms with Crippen molar-refractivity contribution in [1.29, 1.82) is 0 Å². The molecule has 6 heteroatoms. The van der Waals surface area contributed by atoms with Crippen molar-refractivity contribution in [3.05, 3.63) is 21.9 Å². The van der Waals surface area contributed by atoms with E-state index in [1.165, 1.54) is 0 Å². The second-order valence-corrected chi connectivity index (χ2v) is 7.23. The molecular formula is C14H16F2N2OS. The van der Waals surface area contributed by atoms with Gasteiger partial charge in [-0.25, -0.2) is 13.6 Å². The fourth-order valence-corrected chi connectivity index (χ4v) is 4.68. The molecule has 2 aromatic heterocycles. The number of alkyl halides is 2. The molecule has 0 bridgehead atoms. The molecule has 2 heterocycles. The van der Waals surface area contributed by atoms with E-state index in [9.17, 15) is 13.6 Å². The summed E-state index contributed by atoms with van der Waals surface area (Å²) < 4.78 is 30.2. The Balaban J connectivity index is 1.62. The molecule has 0 N–H and O–H groups in total. The van der Waals surface area contributed by atoms with E-state index in [0.29, 0.717) is 19.4 Å². The van der Waals surface area contributed by atoms with Crippen LogP contribution in [0.3, 0.4) is 0 Å². The molecule has 0 saturated heterocycles. The van der Waals surface area contributed by atoms with Gasteiger partial charge in [0, 0.05) is 25.4 Å². The first kappa shape index (κ1) is 12.6. The number of rotatable bonds is 2. The SMILES string of the molecule is Cn1c(=O)n(CC2CCC3(C2)CC3(F)F)c2ccsc21. The van der Waals surface area contributed by atoms with E-state index in [1.807, 2.05) is 11.4 Å². The maximum absolute atomic E-state index is 13.4. The number of nitrogens with zero attached hydrogens (tertiary/aromatic N) is 2. The number of thiophene rings is 1. The molecule has 0 amide bonds. The number of halogens is 2. The molecule has 3 nitrogen and oxygen atoms in total. The first-order chi connectivity index (χ1) is 9.44. The van der Waals surface area contributed by atoms with Crippen LogP contribution in [-0.2, 0) is 13.6 Å². The predicted octanol–water partition coefficient (Wildman–Crippen LogP) is 3.23. The molecule has 2 fully saturated rings. The van der Waals surface area contributed by atoms with Crippen molar-refractivity contribution < 1.29 is 8.78 Å². The van der Waals surface area contributed by atoms with E-state index in [1.54, 1.807) is 27.5 Å². The van der Waals surface area contributed by atoms with Gasteiger partial charge in [0.1, 0.15) is 4.83 Å². The van der Waals surface area contributed by atoms with Crippen LogP contribution < -0.4 is 5.69 Å². The van der Waals surface area contributed by atoms with Crippen molar-refractivity contribution in [2.45, 2.75) is 38.2 Å². The van der Waals surface area contributed by atoms with Crippen LogP contribution >= 0.6 is 11.3 Å². The van der Waals surface area contributed by atoms with Crippen molar-refractivity contribution in [2.75, 3.05) is 0 Å². The topological polar surface area (TPSA) is 26.9 Å². The van der Waals surface area contributed by atoms with Crippen LogP contribution in [0.5, 0.6) is 0 Å². The summed E-state index contributed by atoms with van der Waals surface area (Å²) in [5.74, 6) is -2.26. The predicted molar refractivity (Wildman–Crippen MR) is 74.4 cm³/mol. The fraction of sp³-hybridized carbons (Fsp3) is 0.643. The summed E-state index contributed by atoms with van der Waals surface area (Å²) >= 11 is 1.54. The summed E-state index contributed by atoms with van der Waals surface area (Å²) in [4.78, 5) is 13.2. The maximum atomic E-state index is 13.4. The largest absolute Gasteiger partial charge is 0.329 e. The molecule has 4 rings (SSSR count). The zero-order chi connectivity index (χ0) is 14.1. The molecule has 1 spiro atoms. The van der Waals surface area contributed by atoms with Gasteiger partial charge in [-0.3, -0.25) is 9.13 Å². The van der Waals surface area contributed by atoms with E-state index < -0.39 is 11.3 Å². The average Bonchev–Trinajstić information content (AvgIpc) is 2.86. The molecule has 2 atom stereocenters. The van der Waals surface area contributed by atoms with Crippen LogP contribution in [0.2, 0.25) is 0 Å². The molecule has 2 unspecified atom stereocenters. The molecule has 0 aliphatic heterocycles. The zero-order valence-electron chi connectivity index (χ0n) is 11.2. The number of hydrogen-bond donors (Lipinski definition) is 0. The van der Waals surface area contributed by atoms with Gasteiger partial charge in [-0.15, -0.1) is 11.3 Å². The third-order valence-corrected chi connectivity index (χ3v) is 6.08. The van der Waals surface area contributed by atoms with Crippen molar-refractivity contribution in [1.82, 2.24) is 9.13 Å². The molecule has 0 aromatic carbocycles. The Morgan fingerprint density at radius 1 is 1.50 bits per heavy atom. The van der Waals surface area contributed by atoms with Crippen molar-refractivity contribution >= 4 is 21.7 Å². The van der Waals surface area contributed by atoms with E-state index in [2.05, 4.69) is 0 Å². The van der Waals surface area contributed by atoms with Crippen LogP contribution in [0.15, 0.2) is 16.2 Å².